The number of nitrogens with one attached hydrogen (secondary N) is 3. The molecule has 1 aliphatic heterocycles. The van der Waals surface area contributed by atoms with Gasteiger partial charge in [0.1, 0.15) is 5.75 Å². The minimum atomic E-state index is -0.168. The second-order valence-electron chi connectivity index (χ2n) is 6.99. The maximum absolute atomic E-state index is 12.5. The number of benzene rings is 2. The molecule has 0 saturated heterocycles. The zero-order chi connectivity index (χ0) is 21.3. The van der Waals surface area contributed by atoms with Crippen LogP contribution in [0, 0.1) is 0 Å². The Labute approximate surface area is 176 Å². The molecule has 160 valence electrons. The largest absolute Gasteiger partial charge is 0.497 e. The molecule has 0 radical (unpaired) electrons. The average molecular weight is 414 g/mol. The Morgan fingerprint density at radius 3 is 2.17 bits per heavy atom. The third-order valence-electron chi connectivity index (χ3n) is 4.73. The van der Waals surface area contributed by atoms with E-state index in [2.05, 4.69) is 10.6 Å². The van der Waals surface area contributed by atoms with E-state index in [9.17, 15) is 9.59 Å². The molecule has 1 unspecified atom stereocenters. The van der Waals surface area contributed by atoms with E-state index in [0.717, 1.165) is 17.1 Å². The highest BCUT2D eigenvalue weighted by Crippen LogP contribution is 2.32. The minimum absolute atomic E-state index is 0.152. The maximum atomic E-state index is 12.5. The molecule has 2 aromatic rings. The Morgan fingerprint density at radius 1 is 0.933 bits per heavy atom. The van der Waals surface area contributed by atoms with Crippen molar-refractivity contribution in [3.63, 3.8) is 0 Å². The van der Waals surface area contributed by atoms with Crippen LogP contribution in [0.5, 0.6) is 17.2 Å². The van der Waals surface area contributed by atoms with Gasteiger partial charge in [0.25, 0.3) is 11.8 Å². The molecular weight excluding hydrogens is 386 g/mol. The minimum Gasteiger partial charge on any atom is -0.497 e. The van der Waals surface area contributed by atoms with Gasteiger partial charge in [-0.25, -0.2) is 0 Å². The van der Waals surface area contributed by atoms with Gasteiger partial charge in [0.2, 0.25) is 0 Å². The normalized spacial score (nSPS) is 13.7. The van der Waals surface area contributed by atoms with Crippen molar-refractivity contribution < 1.29 is 28.7 Å². The quantitative estimate of drug-likeness (QED) is 0.607. The van der Waals surface area contributed by atoms with E-state index in [1.54, 1.807) is 49.6 Å². The summed E-state index contributed by atoms with van der Waals surface area (Å²) in [5.74, 6) is 1.71. The standard InChI is InChI=1S/C22H27N3O5/c1-3-25(14-21(26)23-16-5-8-18(28-2)9-6-16)15-22(27)24-17-7-10-19-20(13-17)30-12-4-11-29-19/h5-10,13H,3-4,11-12,14-15H2,1-2H3,(H,23,26)(H,24,27)/p+1. The van der Waals surface area contributed by atoms with Crippen molar-refractivity contribution in [1.29, 1.82) is 0 Å². The molecule has 1 heterocycles. The van der Waals surface area contributed by atoms with E-state index in [-0.39, 0.29) is 24.9 Å². The Hall–Kier alpha value is -3.26. The zero-order valence-electron chi connectivity index (χ0n) is 17.3. The number of fused-ring (bicyclic) bond motifs is 1. The summed E-state index contributed by atoms with van der Waals surface area (Å²) in [6.45, 7) is 4.16. The summed E-state index contributed by atoms with van der Waals surface area (Å²) in [7, 11) is 1.59. The van der Waals surface area contributed by atoms with Crippen molar-refractivity contribution in [3.8, 4) is 17.2 Å². The molecule has 0 fully saturated rings. The Balaban J connectivity index is 1.51. The van der Waals surface area contributed by atoms with E-state index >= 15 is 0 Å². The van der Waals surface area contributed by atoms with Crippen LogP contribution in [0.4, 0.5) is 11.4 Å². The summed E-state index contributed by atoms with van der Waals surface area (Å²) >= 11 is 0. The van der Waals surface area contributed by atoms with Crippen LogP contribution in [0.2, 0.25) is 0 Å². The van der Waals surface area contributed by atoms with E-state index in [1.165, 1.54) is 0 Å². The molecule has 0 aliphatic carbocycles. The number of carbonyl (C=O) groups excluding carboxylic acids is 2. The molecule has 3 N–H and O–H groups in total. The van der Waals surface area contributed by atoms with Gasteiger partial charge in [0.15, 0.2) is 24.6 Å². The van der Waals surface area contributed by atoms with Crippen LogP contribution in [0.25, 0.3) is 0 Å². The smallest absolute Gasteiger partial charge is 0.279 e. The highest BCUT2D eigenvalue weighted by atomic mass is 16.5. The fourth-order valence-electron chi connectivity index (χ4n) is 3.09. The fourth-order valence-corrected chi connectivity index (χ4v) is 3.09. The van der Waals surface area contributed by atoms with Gasteiger partial charge in [-0.1, -0.05) is 0 Å². The van der Waals surface area contributed by atoms with Crippen molar-refractivity contribution in [3.05, 3.63) is 42.5 Å². The third kappa shape index (κ3) is 6.12. The lowest BCUT2D eigenvalue weighted by molar-refractivity contribution is -0.881. The number of amides is 2. The van der Waals surface area contributed by atoms with E-state index in [4.69, 9.17) is 14.2 Å². The highest BCUT2D eigenvalue weighted by molar-refractivity contribution is 5.93. The van der Waals surface area contributed by atoms with Crippen molar-refractivity contribution in [1.82, 2.24) is 0 Å². The predicted molar refractivity (Wildman–Crippen MR) is 114 cm³/mol. The monoisotopic (exact) mass is 414 g/mol. The van der Waals surface area contributed by atoms with Crippen molar-refractivity contribution in [2.24, 2.45) is 0 Å². The summed E-state index contributed by atoms with van der Waals surface area (Å²) in [6, 6.07) is 12.5. The second-order valence-corrected chi connectivity index (χ2v) is 6.99. The van der Waals surface area contributed by atoms with E-state index in [1.807, 2.05) is 6.92 Å². The lowest BCUT2D eigenvalue weighted by Gasteiger charge is -2.17. The van der Waals surface area contributed by atoms with E-state index in [0.29, 0.717) is 42.6 Å². The van der Waals surface area contributed by atoms with Crippen molar-refractivity contribution in [2.45, 2.75) is 13.3 Å². The van der Waals surface area contributed by atoms with Gasteiger partial charge in [0.05, 0.1) is 26.9 Å². The first kappa shape index (κ1) is 21.4. The molecule has 8 heteroatoms. The average Bonchev–Trinajstić information content (AvgIpc) is 2.98. The number of carbonyl (C=O) groups is 2. The number of likely N-dealkylation sites (N-methyl/N-ethyl adjacent to an activating group) is 1. The molecular formula is C22H28N3O5+. The van der Waals surface area contributed by atoms with Crippen LogP contribution >= 0.6 is 0 Å². The van der Waals surface area contributed by atoms with Gasteiger partial charge in [-0.2, -0.15) is 0 Å². The number of hydrogen-bond acceptors (Lipinski definition) is 5. The lowest BCUT2D eigenvalue weighted by atomic mass is 10.2. The van der Waals surface area contributed by atoms with Crippen LogP contribution in [0.15, 0.2) is 42.5 Å². The summed E-state index contributed by atoms with van der Waals surface area (Å²) in [5, 5.41) is 5.72. The highest BCUT2D eigenvalue weighted by Gasteiger charge is 2.18. The SMILES string of the molecule is CC[NH+](CC(=O)Nc1ccc(OC)cc1)CC(=O)Nc1ccc2c(c1)OCCCO2. The molecule has 1 atom stereocenters. The summed E-state index contributed by atoms with van der Waals surface area (Å²) in [6.07, 6.45) is 0.823. The van der Waals surface area contributed by atoms with Gasteiger partial charge in [-0.05, 0) is 43.3 Å². The number of ether oxygens (including phenoxy) is 3. The van der Waals surface area contributed by atoms with Crippen LogP contribution in [0.3, 0.4) is 0 Å². The van der Waals surface area contributed by atoms with E-state index < -0.39 is 0 Å². The van der Waals surface area contributed by atoms with Gasteiger partial charge < -0.3 is 29.7 Å². The number of rotatable bonds is 8. The molecule has 0 aromatic heterocycles. The first-order valence-corrected chi connectivity index (χ1v) is 10.0. The van der Waals surface area contributed by atoms with Gasteiger partial charge >= 0.3 is 0 Å². The topological polar surface area (TPSA) is 90.3 Å². The van der Waals surface area contributed by atoms with Crippen LogP contribution < -0.4 is 29.7 Å². The Morgan fingerprint density at radius 2 is 1.53 bits per heavy atom. The molecule has 3 rings (SSSR count). The van der Waals surface area contributed by atoms with Crippen LogP contribution in [-0.2, 0) is 9.59 Å². The second kappa shape index (κ2) is 10.5. The number of anilines is 2. The molecule has 2 amide bonds. The Kier molecular flexibility index (Phi) is 7.51. The molecule has 0 saturated carbocycles. The molecule has 30 heavy (non-hydrogen) atoms. The number of quaternary nitrogens is 1. The summed E-state index contributed by atoms with van der Waals surface area (Å²) in [4.78, 5) is 25.7. The predicted octanol–water partition coefficient (Wildman–Crippen LogP) is 1.34. The first-order valence-electron chi connectivity index (χ1n) is 10.0. The van der Waals surface area contributed by atoms with Crippen LogP contribution in [0.1, 0.15) is 13.3 Å². The van der Waals surface area contributed by atoms with Gasteiger partial charge in [-0.15, -0.1) is 0 Å². The van der Waals surface area contributed by atoms with Crippen molar-refractivity contribution in [2.75, 3.05) is 50.6 Å². The number of hydrogen-bond donors (Lipinski definition) is 3. The van der Waals surface area contributed by atoms with Gasteiger partial charge in [0, 0.05) is 23.9 Å². The molecule has 8 nitrogen and oxygen atoms in total. The molecule has 1 aliphatic rings. The third-order valence-corrected chi connectivity index (χ3v) is 4.73. The maximum Gasteiger partial charge on any atom is 0.279 e. The summed E-state index contributed by atoms with van der Waals surface area (Å²) in [5.41, 5.74) is 1.33. The molecule has 0 spiro atoms. The zero-order valence-corrected chi connectivity index (χ0v) is 17.3. The first-order chi connectivity index (χ1) is 14.6. The Bertz CT molecular complexity index is 870. The van der Waals surface area contributed by atoms with Gasteiger partial charge in [-0.3, -0.25) is 9.59 Å². The van der Waals surface area contributed by atoms with Crippen LogP contribution in [-0.4, -0.2) is 51.8 Å². The summed E-state index contributed by atoms with van der Waals surface area (Å²) < 4.78 is 16.4. The number of methoxy groups -OCH3 is 1. The molecule has 0 bridgehead atoms. The van der Waals surface area contributed by atoms with Crippen molar-refractivity contribution >= 4 is 23.2 Å². The fraction of sp³-hybridized carbons (Fsp3) is 0.364. The lowest BCUT2D eigenvalue weighted by Crippen LogP contribution is -3.13. The molecule has 2 aromatic carbocycles.